The van der Waals surface area contributed by atoms with Crippen molar-refractivity contribution in [2.75, 3.05) is 6.61 Å². The first-order valence-electron chi connectivity index (χ1n) is 7.94. The van der Waals surface area contributed by atoms with Gasteiger partial charge in [-0.3, -0.25) is 4.90 Å². The van der Waals surface area contributed by atoms with Crippen molar-refractivity contribution in [1.29, 1.82) is 0 Å². The van der Waals surface area contributed by atoms with Crippen LogP contribution in [0.2, 0.25) is 0 Å². The van der Waals surface area contributed by atoms with Crippen molar-refractivity contribution in [3.63, 3.8) is 0 Å². The SMILES string of the molecule is CC(/C(=C/N1C(=O)OC[C@H]1C)c1ccccc1)c1ccccc1. The fourth-order valence-corrected chi connectivity index (χ4v) is 2.84. The van der Waals surface area contributed by atoms with Gasteiger partial charge in [-0.15, -0.1) is 0 Å². The molecule has 1 aliphatic rings. The Morgan fingerprint density at radius 3 is 2.30 bits per heavy atom. The molecule has 2 aromatic rings. The number of rotatable bonds is 4. The fraction of sp³-hybridized carbons (Fsp3) is 0.250. The van der Waals surface area contributed by atoms with Gasteiger partial charge in [0.15, 0.2) is 0 Å². The summed E-state index contributed by atoms with van der Waals surface area (Å²) in [5, 5.41) is 0. The third-order valence-electron chi connectivity index (χ3n) is 4.29. The zero-order chi connectivity index (χ0) is 16.2. The van der Waals surface area contributed by atoms with E-state index in [-0.39, 0.29) is 18.1 Å². The van der Waals surface area contributed by atoms with Gasteiger partial charge in [0.1, 0.15) is 6.61 Å². The molecule has 3 rings (SSSR count). The highest BCUT2D eigenvalue weighted by Gasteiger charge is 2.29. The summed E-state index contributed by atoms with van der Waals surface area (Å²) in [6.07, 6.45) is 1.68. The van der Waals surface area contributed by atoms with Crippen molar-refractivity contribution in [3.8, 4) is 0 Å². The summed E-state index contributed by atoms with van der Waals surface area (Å²) in [5.74, 6) is 0.180. The molecule has 1 unspecified atom stereocenters. The summed E-state index contributed by atoms with van der Waals surface area (Å²) >= 11 is 0. The van der Waals surface area contributed by atoms with E-state index in [1.807, 2.05) is 49.5 Å². The van der Waals surface area contributed by atoms with E-state index in [1.165, 1.54) is 5.56 Å². The summed E-state index contributed by atoms with van der Waals surface area (Å²) in [6.45, 7) is 4.61. The normalized spacial score (nSPS) is 19.6. The van der Waals surface area contributed by atoms with Crippen LogP contribution in [0, 0.1) is 0 Å². The molecule has 3 nitrogen and oxygen atoms in total. The van der Waals surface area contributed by atoms with E-state index in [0.717, 1.165) is 11.1 Å². The Labute approximate surface area is 137 Å². The molecule has 1 saturated heterocycles. The molecule has 0 aliphatic carbocycles. The molecule has 1 aliphatic heterocycles. The molecule has 0 bridgehead atoms. The molecule has 1 heterocycles. The molecule has 1 amide bonds. The van der Waals surface area contributed by atoms with Crippen LogP contribution in [-0.2, 0) is 4.74 Å². The number of benzene rings is 2. The average Bonchev–Trinajstić information content (AvgIpc) is 2.92. The minimum Gasteiger partial charge on any atom is -0.447 e. The molecule has 1 fully saturated rings. The Bertz CT molecular complexity index is 694. The van der Waals surface area contributed by atoms with E-state index in [0.29, 0.717) is 6.61 Å². The fourth-order valence-electron chi connectivity index (χ4n) is 2.84. The highest BCUT2D eigenvalue weighted by molar-refractivity contribution is 5.77. The monoisotopic (exact) mass is 307 g/mol. The first-order chi connectivity index (χ1) is 11.2. The maximum absolute atomic E-state index is 12.0. The quantitative estimate of drug-likeness (QED) is 0.821. The first kappa shape index (κ1) is 15.3. The largest absolute Gasteiger partial charge is 0.447 e. The van der Waals surface area contributed by atoms with Crippen molar-refractivity contribution in [3.05, 3.63) is 78.0 Å². The average molecular weight is 307 g/mol. The highest BCUT2D eigenvalue weighted by Crippen LogP contribution is 2.33. The first-order valence-corrected chi connectivity index (χ1v) is 7.94. The van der Waals surface area contributed by atoms with Gasteiger partial charge in [0.05, 0.1) is 6.04 Å². The summed E-state index contributed by atoms with van der Waals surface area (Å²) in [6, 6.07) is 20.6. The van der Waals surface area contributed by atoms with Gasteiger partial charge in [-0.1, -0.05) is 67.6 Å². The third kappa shape index (κ3) is 3.29. The second-order valence-corrected chi connectivity index (χ2v) is 5.92. The molecule has 0 spiro atoms. The number of cyclic esters (lactones) is 1. The molecule has 0 radical (unpaired) electrons. The van der Waals surface area contributed by atoms with Gasteiger partial charge in [0.25, 0.3) is 0 Å². The summed E-state index contributed by atoms with van der Waals surface area (Å²) < 4.78 is 5.14. The standard InChI is InChI=1S/C20H21NO2/c1-15-14-23-20(22)21(15)13-19(18-11-7-4-8-12-18)16(2)17-9-5-3-6-10-17/h3-13,15-16H,14H2,1-2H3/b19-13-/t15-,16?/m1/s1. The van der Waals surface area contributed by atoms with E-state index in [4.69, 9.17) is 4.74 Å². The molecule has 2 aromatic carbocycles. The molecular weight excluding hydrogens is 286 g/mol. The van der Waals surface area contributed by atoms with Gasteiger partial charge in [-0.05, 0) is 23.6 Å². The predicted molar refractivity (Wildman–Crippen MR) is 91.9 cm³/mol. The van der Waals surface area contributed by atoms with Crippen LogP contribution in [0.5, 0.6) is 0 Å². The van der Waals surface area contributed by atoms with E-state index in [9.17, 15) is 4.79 Å². The zero-order valence-electron chi connectivity index (χ0n) is 13.5. The summed E-state index contributed by atoms with van der Waals surface area (Å²) in [5.41, 5.74) is 3.46. The maximum atomic E-state index is 12.0. The molecule has 118 valence electrons. The van der Waals surface area contributed by atoms with Gasteiger partial charge >= 0.3 is 6.09 Å². The van der Waals surface area contributed by atoms with Crippen molar-refractivity contribution in [2.45, 2.75) is 25.8 Å². The van der Waals surface area contributed by atoms with Gasteiger partial charge in [0.2, 0.25) is 0 Å². The smallest absolute Gasteiger partial charge is 0.414 e. The van der Waals surface area contributed by atoms with Crippen LogP contribution in [0.3, 0.4) is 0 Å². The Balaban J connectivity index is 2.02. The predicted octanol–water partition coefficient (Wildman–Crippen LogP) is 4.67. The number of nitrogens with zero attached hydrogens (tertiary/aromatic N) is 1. The van der Waals surface area contributed by atoms with Gasteiger partial charge in [-0.25, -0.2) is 4.79 Å². The van der Waals surface area contributed by atoms with E-state index >= 15 is 0 Å². The van der Waals surface area contributed by atoms with Crippen LogP contribution in [0.1, 0.15) is 30.9 Å². The van der Waals surface area contributed by atoms with Crippen LogP contribution in [0.25, 0.3) is 5.57 Å². The Morgan fingerprint density at radius 2 is 1.74 bits per heavy atom. The highest BCUT2D eigenvalue weighted by atomic mass is 16.6. The molecule has 2 atom stereocenters. The number of amides is 1. The van der Waals surface area contributed by atoms with Crippen molar-refractivity contribution < 1.29 is 9.53 Å². The van der Waals surface area contributed by atoms with Crippen LogP contribution >= 0.6 is 0 Å². The topological polar surface area (TPSA) is 29.5 Å². The van der Waals surface area contributed by atoms with Crippen molar-refractivity contribution in [1.82, 2.24) is 4.90 Å². The molecule has 23 heavy (non-hydrogen) atoms. The number of allylic oxidation sites excluding steroid dienone is 1. The second kappa shape index (κ2) is 6.69. The lowest BCUT2D eigenvalue weighted by atomic mass is 9.88. The summed E-state index contributed by atoms with van der Waals surface area (Å²) in [7, 11) is 0. The van der Waals surface area contributed by atoms with Gasteiger partial charge in [-0.2, -0.15) is 0 Å². The van der Waals surface area contributed by atoms with Crippen LogP contribution in [-0.4, -0.2) is 23.6 Å². The minimum atomic E-state index is -0.272. The zero-order valence-corrected chi connectivity index (χ0v) is 13.5. The van der Waals surface area contributed by atoms with E-state index in [1.54, 1.807) is 4.90 Å². The summed E-state index contributed by atoms with van der Waals surface area (Å²) in [4.78, 5) is 13.7. The van der Waals surface area contributed by atoms with Crippen LogP contribution in [0.4, 0.5) is 4.79 Å². The lowest BCUT2D eigenvalue weighted by Gasteiger charge is -2.21. The lowest BCUT2D eigenvalue weighted by Crippen LogP contribution is -2.26. The van der Waals surface area contributed by atoms with E-state index in [2.05, 4.69) is 31.2 Å². The minimum absolute atomic E-state index is 0.0594. The number of carbonyl (C=O) groups excluding carboxylic acids is 1. The molecule has 0 aromatic heterocycles. The molecule has 3 heteroatoms. The van der Waals surface area contributed by atoms with Crippen molar-refractivity contribution >= 4 is 11.7 Å². The number of hydrogen-bond acceptors (Lipinski definition) is 2. The lowest BCUT2D eigenvalue weighted by molar-refractivity contribution is 0.166. The van der Waals surface area contributed by atoms with E-state index < -0.39 is 0 Å². The maximum Gasteiger partial charge on any atom is 0.414 e. The molecular formula is C20H21NO2. The number of carbonyl (C=O) groups is 1. The Hall–Kier alpha value is -2.55. The molecule has 0 N–H and O–H groups in total. The van der Waals surface area contributed by atoms with Crippen LogP contribution in [0.15, 0.2) is 66.9 Å². The molecule has 0 saturated carbocycles. The Morgan fingerprint density at radius 1 is 1.13 bits per heavy atom. The van der Waals surface area contributed by atoms with Crippen LogP contribution < -0.4 is 0 Å². The van der Waals surface area contributed by atoms with Gasteiger partial charge < -0.3 is 4.74 Å². The number of ether oxygens (including phenoxy) is 1. The van der Waals surface area contributed by atoms with Crippen molar-refractivity contribution in [2.24, 2.45) is 0 Å². The van der Waals surface area contributed by atoms with Gasteiger partial charge in [0, 0.05) is 12.1 Å². The third-order valence-corrected chi connectivity index (χ3v) is 4.29. The number of hydrogen-bond donors (Lipinski definition) is 0. The Kier molecular flexibility index (Phi) is 4.47. The second-order valence-electron chi connectivity index (χ2n) is 5.92.